The molecule has 12 aromatic carbocycles. The second kappa shape index (κ2) is 23.9. The summed E-state index contributed by atoms with van der Waals surface area (Å²) in [5, 5.41) is 7.32. The summed E-state index contributed by atoms with van der Waals surface area (Å²) in [6.45, 7) is 49.1. The predicted molar refractivity (Wildman–Crippen MR) is 460 cm³/mol. The van der Waals surface area contributed by atoms with Gasteiger partial charge in [-0.1, -0.05) is 284 Å². The molecule has 0 fully saturated rings. The Morgan fingerprint density at radius 2 is 0.736 bits per heavy atom. The van der Waals surface area contributed by atoms with E-state index in [1.807, 2.05) is 11.8 Å². The van der Waals surface area contributed by atoms with E-state index in [4.69, 9.17) is 4.42 Å². The average Bonchev–Trinajstić information content (AvgIpc) is 0.881. The molecular formula is C100H100BN3OS. The fourth-order valence-electron chi connectivity index (χ4n) is 16.8. The van der Waals surface area contributed by atoms with Crippen LogP contribution in [-0.4, -0.2) is 15.8 Å². The zero-order valence-corrected chi connectivity index (χ0v) is 66.9. The number of aromatic nitrogens is 2. The third-order valence-electron chi connectivity index (χ3n) is 23.2. The van der Waals surface area contributed by atoms with Crippen molar-refractivity contribution in [2.24, 2.45) is 0 Å². The molecule has 0 saturated heterocycles. The third-order valence-corrected chi connectivity index (χ3v) is 24.4. The highest BCUT2D eigenvalue weighted by molar-refractivity contribution is 8.00. The van der Waals surface area contributed by atoms with E-state index in [0.29, 0.717) is 0 Å². The Hall–Kier alpha value is -9.75. The van der Waals surface area contributed by atoms with Crippen molar-refractivity contribution in [3.63, 3.8) is 0 Å². The Morgan fingerprint density at radius 3 is 1.25 bits per heavy atom. The molecule has 0 spiro atoms. The number of furan rings is 1. The predicted octanol–water partition coefficient (Wildman–Crippen LogP) is 26.6. The van der Waals surface area contributed by atoms with Crippen LogP contribution >= 0.6 is 11.8 Å². The van der Waals surface area contributed by atoms with Gasteiger partial charge in [-0.25, -0.2) is 0 Å². The fraction of sp³-hybridized carbons (Fsp3) is 0.280. The molecule has 106 heavy (non-hydrogen) atoms. The summed E-state index contributed by atoms with van der Waals surface area (Å²) in [6, 6.07) is 88.2. The maximum atomic E-state index is 7.25. The van der Waals surface area contributed by atoms with Crippen LogP contribution in [0.5, 0.6) is 0 Å². The summed E-state index contributed by atoms with van der Waals surface area (Å²) in [5.41, 5.74) is 31.5. The lowest BCUT2D eigenvalue weighted by molar-refractivity contribution is 0.569. The number of fused-ring (bicyclic) bond motifs is 13. The Kier molecular flexibility index (Phi) is 15.6. The van der Waals surface area contributed by atoms with Crippen LogP contribution in [0.2, 0.25) is 0 Å². The van der Waals surface area contributed by atoms with Gasteiger partial charge >= 0.3 is 0 Å². The first-order valence-electron chi connectivity index (χ1n) is 38.4. The quantitative estimate of drug-likeness (QED) is 0.155. The highest BCUT2D eigenvalue weighted by atomic mass is 32.2. The minimum absolute atomic E-state index is 0.0221. The fourth-order valence-corrected chi connectivity index (χ4v) is 18.1. The summed E-state index contributed by atoms with van der Waals surface area (Å²) in [6.07, 6.45) is 0. The summed E-state index contributed by atoms with van der Waals surface area (Å²) >= 11 is 1.95. The number of rotatable bonds is 6. The standard InChI is InChI=1S/C100H100BN3OS/c1-94(2,3)62-34-42-82-75(51-62)76-52-63(95(4,5)6)35-43-83(76)102(82)69-38-40-80-86(57-69)104(92-74(59-28-23-22-24-29-59)55-68(100(19,20)21)56-79(92)73-32-27-31-72-71-30-25-26-33-88(71)105-93(72)73)87-48-61(60-46-66(98(13,14)15)50-67(47-60)99(16,17)18)49-90-91(87)101(80)81-41-39-70(58-89(81)106-90)103-84-44-36-64(96(7,8)9)53-77(84)78-54-65(97(10,11)12)37-45-85(78)103/h22-58H,1-21H3. The second-order valence-electron chi connectivity index (χ2n) is 38.0. The van der Waals surface area contributed by atoms with E-state index < -0.39 is 0 Å². The first-order chi connectivity index (χ1) is 49.9. The van der Waals surface area contributed by atoms with Crippen molar-refractivity contribution >= 4 is 117 Å². The molecule has 530 valence electrons. The highest BCUT2D eigenvalue weighted by Gasteiger charge is 2.44. The Labute approximate surface area is 633 Å². The van der Waals surface area contributed by atoms with Gasteiger partial charge in [0.2, 0.25) is 6.71 Å². The zero-order valence-electron chi connectivity index (χ0n) is 66.1. The first kappa shape index (κ1) is 69.3. The van der Waals surface area contributed by atoms with Crippen molar-refractivity contribution in [2.45, 2.75) is 193 Å². The van der Waals surface area contributed by atoms with Gasteiger partial charge < -0.3 is 18.5 Å². The van der Waals surface area contributed by atoms with Crippen LogP contribution in [0, 0.1) is 0 Å². The molecule has 0 aliphatic carbocycles. The van der Waals surface area contributed by atoms with Crippen LogP contribution in [0.1, 0.15) is 184 Å². The molecule has 4 nitrogen and oxygen atoms in total. The van der Waals surface area contributed by atoms with Gasteiger partial charge in [0, 0.05) is 81.5 Å². The molecule has 0 amide bonds. The molecule has 17 rings (SSSR count). The SMILES string of the molecule is CC(C)(C)c1cc(-c2cc3c4c(c2)N(c2c(-c5ccccc5)cc(C(C)(C)C)cc2-c2cccc5c2oc2ccccc25)c2cc(-n5c6ccc(C(C)(C)C)cc6c6cc(C(C)(C)C)ccc65)ccc2B4c2ccc(-n4c5ccc(C(C)(C)C)cc5c5cc(C(C)(C)C)ccc54)cc2S3)cc(C(C)(C)C)c1. The molecule has 0 radical (unpaired) electrons. The molecule has 2 aliphatic rings. The van der Waals surface area contributed by atoms with Crippen LogP contribution < -0.4 is 21.3 Å². The van der Waals surface area contributed by atoms with Gasteiger partial charge in [0.25, 0.3) is 0 Å². The molecule has 0 unspecified atom stereocenters. The normalized spacial score (nSPS) is 13.8. The zero-order chi connectivity index (χ0) is 74.6. The van der Waals surface area contributed by atoms with Crippen molar-refractivity contribution in [2.75, 3.05) is 4.90 Å². The molecule has 0 N–H and O–H groups in total. The van der Waals surface area contributed by atoms with E-state index >= 15 is 0 Å². The summed E-state index contributed by atoms with van der Waals surface area (Å²) in [5.74, 6) is 0. The molecule has 0 saturated carbocycles. The van der Waals surface area contributed by atoms with Gasteiger partial charge in [0.15, 0.2) is 0 Å². The number of anilines is 3. The van der Waals surface area contributed by atoms with Gasteiger partial charge in [-0.05, 0) is 208 Å². The van der Waals surface area contributed by atoms with Crippen molar-refractivity contribution in [1.29, 1.82) is 0 Å². The molecule has 5 heterocycles. The number of hydrogen-bond acceptors (Lipinski definition) is 3. The van der Waals surface area contributed by atoms with E-state index in [0.717, 1.165) is 66.9 Å². The Bertz CT molecular complexity index is 5980. The maximum absolute atomic E-state index is 7.25. The van der Waals surface area contributed by atoms with E-state index in [1.165, 1.54) is 126 Å². The van der Waals surface area contributed by atoms with Crippen LogP contribution in [0.4, 0.5) is 17.1 Å². The summed E-state index contributed by atoms with van der Waals surface area (Å²) in [7, 11) is 0. The molecule has 6 heteroatoms. The van der Waals surface area contributed by atoms with Gasteiger partial charge in [-0.2, -0.15) is 0 Å². The smallest absolute Gasteiger partial charge is 0.249 e. The van der Waals surface area contributed by atoms with Crippen molar-refractivity contribution in [3.8, 4) is 44.8 Å². The molecule has 0 atom stereocenters. The van der Waals surface area contributed by atoms with Gasteiger partial charge in [-0.15, -0.1) is 0 Å². The number of para-hydroxylation sites is 2. The Morgan fingerprint density at radius 1 is 0.292 bits per heavy atom. The molecule has 15 aromatic rings. The molecular weight excluding hydrogens is 1300 g/mol. The summed E-state index contributed by atoms with van der Waals surface area (Å²) in [4.78, 5) is 5.25. The topological polar surface area (TPSA) is 26.2 Å². The number of benzene rings is 12. The van der Waals surface area contributed by atoms with Crippen molar-refractivity contribution in [3.05, 3.63) is 263 Å². The van der Waals surface area contributed by atoms with Gasteiger partial charge in [0.1, 0.15) is 11.2 Å². The van der Waals surface area contributed by atoms with E-state index in [-0.39, 0.29) is 44.6 Å². The minimum atomic E-state index is -0.238. The van der Waals surface area contributed by atoms with Crippen molar-refractivity contribution in [1.82, 2.24) is 9.13 Å². The Balaban J connectivity index is 1.02. The van der Waals surface area contributed by atoms with Crippen LogP contribution in [0.25, 0.3) is 110 Å². The molecule has 3 aromatic heterocycles. The van der Waals surface area contributed by atoms with Gasteiger partial charge in [-0.3, -0.25) is 0 Å². The molecule has 2 aliphatic heterocycles. The van der Waals surface area contributed by atoms with Crippen molar-refractivity contribution < 1.29 is 4.42 Å². The van der Waals surface area contributed by atoms with Gasteiger partial charge in [0.05, 0.1) is 27.8 Å². The number of hydrogen-bond donors (Lipinski definition) is 0. The largest absolute Gasteiger partial charge is 0.455 e. The lowest BCUT2D eigenvalue weighted by Crippen LogP contribution is -2.60. The minimum Gasteiger partial charge on any atom is -0.455 e. The monoisotopic (exact) mass is 1400 g/mol. The van der Waals surface area contributed by atoms with Crippen LogP contribution in [-0.2, 0) is 37.9 Å². The maximum Gasteiger partial charge on any atom is 0.249 e. The molecule has 0 bridgehead atoms. The van der Waals surface area contributed by atoms with E-state index in [1.54, 1.807) is 0 Å². The third kappa shape index (κ3) is 11.5. The summed E-state index contributed by atoms with van der Waals surface area (Å²) < 4.78 is 12.4. The highest BCUT2D eigenvalue weighted by Crippen LogP contribution is 2.54. The lowest BCUT2D eigenvalue weighted by atomic mass is 9.34. The van der Waals surface area contributed by atoms with E-state index in [2.05, 4.69) is 384 Å². The van der Waals surface area contributed by atoms with Crippen LogP contribution in [0.3, 0.4) is 0 Å². The lowest BCUT2D eigenvalue weighted by Gasteiger charge is -2.42. The van der Waals surface area contributed by atoms with E-state index in [9.17, 15) is 0 Å². The average molecular weight is 1400 g/mol. The second-order valence-corrected chi connectivity index (χ2v) is 39.0. The first-order valence-corrected chi connectivity index (χ1v) is 39.2. The number of nitrogens with zero attached hydrogens (tertiary/aromatic N) is 3. The van der Waals surface area contributed by atoms with Crippen LogP contribution in [0.15, 0.2) is 239 Å².